The first kappa shape index (κ1) is 19.2. The van der Waals surface area contributed by atoms with Crippen molar-refractivity contribution in [3.8, 4) is 23.3 Å². The quantitative estimate of drug-likeness (QED) is 0.739. The average molecular weight is 371 g/mol. The predicted molar refractivity (Wildman–Crippen MR) is 94.0 cm³/mol. The zero-order valence-electron chi connectivity index (χ0n) is 14.2. The summed E-state index contributed by atoms with van der Waals surface area (Å²) in [5.41, 5.74) is 1.32. The predicted octanol–water partition coefficient (Wildman–Crippen LogP) is 3.93. The van der Waals surface area contributed by atoms with E-state index in [1.165, 1.54) is 0 Å². The van der Waals surface area contributed by atoms with Gasteiger partial charge < -0.3 is 9.47 Å². The first-order chi connectivity index (χ1) is 12.5. The van der Waals surface area contributed by atoms with Gasteiger partial charge in [0.25, 0.3) is 0 Å². The Kier molecular flexibility index (Phi) is 6.16. The molecule has 0 spiro atoms. The Morgan fingerprint density at radius 1 is 0.962 bits per heavy atom. The number of hydrogen-bond acceptors (Lipinski definition) is 6. The molecule has 26 heavy (non-hydrogen) atoms. The maximum absolute atomic E-state index is 12.3. The molecule has 7 heteroatoms. The summed E-state index contributed by atoms with van der Waals surface area (Å²) in [6, 6.07) is 9.97. The lowest BCUT2D eigenvalue weighted by Gasteiger charge is -2.02. The number of carbonyl (C=O) groups excluding carboxylic acids is 2. The van der Waals surface area contributed by atoms with Gasteiger partial charge in [-0.2, -0.15) is 10.5 Å². The van der Waals surface area contributed by atoms with Gasteiger partial charge in [0.1, 0.15) is 0 Å². The number of fused-ring (bicyclic) bond motifs is 1. The Hall–Kier alpha value is -3.09. The zero-order valence-corrected chi connectivity index (χ0v) is 15.0. The highest BCUT2D eigenvalue weighted by Crippen LogP contribution is 2.41. The van der Waals surface area contributed by atoms with Gasteiger partial charge in [0.2, 0.25) is 0 Å². The van der Waals surface area contributed by atoms with E-state index in [4.69, 9.17) is 31.6 Å². The molecule has 0 N–H and O–H groups in total. The Bertz CT molecular complexity index is 841. The molecule has 0 bridgehead atoms. The fraction of sp³-hybridized carbons (Fsp3) is 0.263. The summed E-state index contributed by atoms with van der Waals surface area (Å²) in [5.74, 6) is -2.30. The first-order valence-electron chi connectivity index (χ1n) is 7.88. The molecule has 0 aromatic heterocycles. The molecule has 0 aromatic carbocycles. The lowest BCUT2D eigenvalue weighted by atomic mass is 10.0. The fourth-order valence-electron chi connectivity index (χ4n) is 2.57. The zero-order chi connectivity index (χ0) is 19.3. The van der Waals surface area contributed by atoms with E-state index in [0.717, 1.165) is 0 Å². The van der Waals surface area contributed by atoms with E-state index in [0.29, 0.717) is 16.7 Å². The number of nitriles is 2. The summed E-state index contributed by atoms with van der Waals surface area (Å²) in [5, 5.41) is 18.1. The van der Waals surface area contributed by atoms with Crippen molar-refractivity contribution in [2.45, 2.75) is 19.8 Å². The van der Waals surface area contributed by atoms with Crippen molar-refractivity contribution < 1.29 is 19.1 Å². The van der Waals surface area contributed by atoms with E-state index in [2.05, 4.69) is 0 Å². The van der Waals surface area contributed by atoms with Gasteiger partial charge in [0.15, 0.2) is 5.92 Å². The minimum absolute atomic E-state index is 0.0400. The van der Waals surface area contributed by atoms with Crippen LogP contribution in [0.5, 0.6) is 0 Å². The van der Waals surface area contributed by atoms with Gasteiger partial charge in [0.05, 0.1) is 41.5 Å². The molecule has 0 heterocycles. The van der Waals surface area contributed by atoms with Crippen LogP contribution in [0, 0.1) is 22.7 Å². The van der Waals surface area contributed by atoms with E-state index >= 15 is 0 Å². The highest BCUT2D eigenvalue weighted by Gasteiger charge is 2.31. The summed E-state index contributed by atoms with van der Waals surface area (Å²) in [6.45, 7) is 3.61. The average Bonchev–Trinajstić information content (AvgIpc) is 2.74. The second kappa shape index (κ2) is 8.33. The fourth-order valence-corrected chi connectivity index (χ4v) is 2.93. The van der Waals surface area contributed by atoms with Crippen molar-refractivity contribution in [3.05, 3.63) is 46.0 Å². The van der Waals surface area contributed by atoms with Crippen LogP contribution in [0.1, 0.15) is 46.0 Å². The van der Waals surface area contributed by atoms with Crippen LogP contribution >= 0.6 is 11.6 Å². The van der Waals surface area contributed by atoms with Crippen molar-refractivity contribution in [1.82, 2.24) is 0 Å². The Balaban J connectivity index is 2.77. The van der Waals surface area contributed by atoms with Crippen molar-refractivity contribution in [1.29, 1.82) is 10.5 Å². The molecule has 2 aliphatic carbocycles. The number of rotatable bonds is 5. The first-order valence-corrected chi connectivity index (χ1v) is 8.26. The van der Waals surface area contributed by atoms with E-state index in [1.807, 2.05) is 12.1 Å². The maximum Gasteiger partial charge on any atom is 0.340 e. The van der Waals surface area contributed by atoms with Crippen molar-refractivity contribution in [3.63, 3.8) is 0 Å². The lowest BCUT2D eigenvalue weighted by molar-refractivity contribution is 0.0525. The van der Waals surface area contributed by atoms with Gasteiger partial charge in [0, 0.05) is 0 Å². The Morgan fingerprint density at radius 2 is 1.38 bits per heavy atom. The summed E-state index contributed by atoms with van der Waals surface area (Å²) in [7, 11) is 0. The van der Waals surface area contributed by atoms with Gasteiger partial charge in [-0.3, -0.25) is 0 Å². The highest BCUT2D eigenvalue weighted by atomic mass is 35.5. The SMILES string of the molecule is CCOC(=O)c1c2ccc(C(C#N)C#N)ccc-2c(C(=O)OCC)c1Cl. The van der Waals surface area contributed by atoms with Crippen LogP contribution in [0.3, 0.4) is 0 Å². The number of carbonyl (C=O) groups is 2. The molecule has 0 atom stereocenters. The van der Waals surface area contributed by atoms with Crippen LogP contribution in [0.4, 0.5) is 0 Å². The van der Waals surface area contributed by atoms with E-state index in [1.54, 1.807) is 38.1 Å². The third-order valence-corrected chi connectivity index (χ3v) is 4.08. The molecule has 0 unspecified atom stereocenters. The van der Waals surface area contributed by atoms with Crippen molar-refractivity contribution in [2.75, 3.05) is 13.2 Å². The molecule has 2 rings (SSSR count). The van der Waals surface area contributed by atoms with Gasteiger partial charge in [-0.25, -0.2) is 9.59 Å². The summed E-state index contributed by atoms with van der Waals surface area (Å²) >= 11 is 6.31. The molecule has 6 nitrogen and oxygen atoms in total. The molecule has 132 valence electrons. The molecule has 2 aliphatic rings. The standard InChI is InChI=1S/C19H15ClN2O4/c1-3-25-18(23)15-13-7-5-11(12(9-21)10-22)6-8-14(13)16(17(15)20)19(24)26-4-2/h5-8,12H,3-4H2,1-2H3. The van der Waals surface area contributed by atoms with Gasteiger partial charge >= 0.3 is 11.9 Å². The minimum atomic E-state index is -0.973. The number of esters is 2. The Morgan fingerprint density at radius 3 is 1.73 bits per heavy atom. The van der Waals surface area contributed by atoms with Crippen LogP contribution in [-0.4, -0.2) is 25.2 Å². The Labute approximate surface area is 155 Å². The van der Waals surface area contributed by atoms with Gasteiger partial charge in [-0.05, 0) is 30.5 Å². The summed E-state index contributed by atoms with van der Waals surface area (Å²) < 4.78 is 10.1. The van der Waals surface area contributed by atoms with Crippen LogP contribution in [-0.2, 0) is 9.47 Å². The molecule has 0 radical (unpaired) electrons. The molecule has 0 fully saturated rings. The lowest BCUT2D eigenvalue weighted by Crippen LogP contribution is -2.06. The maximum atomic E-state index is 12.3. The highest BCUT2D eigenvalue weighted by molar-refractivity contribution is 6.39. The van der Waals surface area contributed by atoms with Gasteiger partial charge in [-0.1, -0.05) is 35.9 Å². The molecular weight excluding hydrogens is 356 g/mol. The molecular formula is C19H15ClN2O4. The molecule has 0 amide bonds. The van der Waals surface area contributed by atoms with Crippen LogP contribution < -0.4 is 0 Å². The topological polar surface area (TPSA) is 100 Å². The van der Waals surface area contributed by atoms with E-state index in [-0.39, 0.29) is 29.4 Å². The monoisotopic (exact) mass is 370 g/mol. The molecule has 0 saturated heterocycles. The van der Waals surface area contributed by atoms with E-state index in [9.17, 15) is 9.59 Å². The van der Waals surface area contributed by atoms with E-state index < -0.39 is 17.9 Å². The summed E-state index contributed by atoms with van der Waals surface area (Å²) in [4.78, 5) is 24.7. The third-order valence-electron chi connectivity index (χ3n) is 3.70. The second-order valence-electron chi connectivity index (χ2n) is 5.19. The normalized spacial score (nSPS) is 10.2. The van der Waals surface area contributed by atoms with Crippen molar-refractivity contribution in [2.24, 2.45) is 0 Å². The van der Waals surface area contributed by atoms with Crippen LogP contribution in [0.15, 0.2) is 24.3 Å². The molecule has 0 saturated carbocycles. The second-order valence-corrected chi connectivity index (χ2v) is 5.57. The number of nitrogens with zero attached hydrogens (tertiary/aromatic N) is 2. The van der Waals surface area contributed by atoms with Gasteiger partial charge in [-0.15, -0.1) is 0 Å². The van der Waals surface area contributed by atoms with Crippen LogP contribution in [0.25, 0.3) is 11.1 Å². The number of halogens is 1. The number of hydrogen-bond donors (Lipinski definition) is 0. The largest absolute Gasteiger partial charge is 0.462 e. The molecule has 0 aromatic rings. The van der Waals surface area contributed by atoms with Crippen molar-refractivity contribution >= 4 is 23.5 Å². The third kappa shape index (κ3) is 3.46. The summed E-state index contributed by atoms with van der Waals surface area (Å²) in [6.07, 6.45) is 0. The molecule has 0 aliphatic heterocycles. The van der Waals surface area contributed by atoms with Crippen LogP contribution in [0.2, 0.25) is 5.02 Å². The number of ether oxygens (including phenoxy) is 2. The minimum Gasteiger partial charge on any atom is -0.462 e. The smallest absolute Gasteiger partial charge is 0.340 e.